The molecule has 1 aromatic heterocycles. The van der Waals surface area contributed by atoms with Crippen LogP contribution in [-0.4, -0.2) is 10.8 Å². The number of carbonyl (C=O) groups excluding carboxylic acids is 1. The van der Waals surface area contributed by atoms with Crippen molar-refractivity contribution in [1.82, 2.24) is 4.98 Å². The first-order chi connectivity index (χ1) is 10.2. The fourth-order valence-electron chi connectivity index (χ4n) is 2.32. The van der Waals surface area contributed by atoms with Crippen molar-refractivity contribution in [3.63, 3.8) is 0 Å². The third kappa shape index (κ3) is 2.78. The second-order valence-corrected chi connectivity index (χ2v) is 5.52. The minimum Gasteiger partial charge on any atom is -0.294 e. The molecule has 2 nitrogen and oxygen atoms in total. The van der Waals surface area contributed by atoms with Crippen molar-refractivity contribution in [3.05, 3.63) is 76.0 Å². The van der Waals surface area contributed by atoms with Crippen LogP contribution in [0.4, 0.5) is 0 Å². The van der Waals surface area contributed by atoms with Crippen LogP contribution >= 0.6 is 23.2 Å². The number of aromatic nitrogens is 1. The quantitative estimate of drug-likeness (QED) is 0.639. The zero-order valence-corrected chi connectivity index (χ0v) is 12.5. The third-order valence-electron chi connectivity index (χ3n) is 3.38. The van der Waals surface area contributed by atoms with E-state index < -0.39 is 0 Å². The van der Waals surface area contributed by atoms with Gasteiger partial charge in [-0.2, -0.15) is 0 Å². The minimum absolute atomic E-state index is 0.0122. The maximum absolute atomic E-state index is 12.6. The summed E-state index contributed by atoms with van der Waals surface area (Å²) < 4.78 is 0. The maximum atomic E-state index is 12.6. The first-order valence-corrected chi connectivity index (χ1v) is 7.21. The molecule has 3 aromatic rings. The molecule has 104 valence electrons. The maximum Gasteiger partial charge on any atom is 0.167 e. The van der Waals surface area contributed by atoms with Crippen molar-refractivity contribution in [1.29, 1.82) is 0 Å². The molecule has 3 rings (SSSR count). The van der Waals surface area contributed by atoms with Gasteiger partial charge in [0, 0.05) is 39.8 Å². The van der Waals surface area contributed by atoms with E-state index in [0.717, 1.165) is 10.8 Å². The van der Waals surface area contributed by atoms with Crippen molar-refractivity contribution >= 4 is 39.8 Å². The van der Waals surface area contributed by atoms with Crippen LogP contribution in [0.1, 0.15) is 15.9 Å². The summed E-state index contributed by atoms with van der Waals surface area (Å²) in [6, 6.07) is 12.7. The average Bonchev–Trinajstić information content (AvgIpc) is 2.50. The Hall–Kier alpha value is -1.90. The molecule has 0 N–H and O–H groups in total. The predicted molar refractivity (Wildman–Crippen MR) is 86.2 cm³/mol. The van der Waals surface area contributed by atoms with Gasteiger partial charge in [0.1, 0.15) is 0 Å². The lowest BCUT2D eigenvalue weighted by Gasteiger charge is -2.08. The highest BCUT2D eigenvalue weighted by Crippen LogP contribution is 2.27. The molecule has 0 spiro atoms. The molecule has 0 saturated carbocycles. The molecular weight excluding hydrogens is 305 g/mol. The number of nitrogens with zero attached hydrogens (tertiary/aromatic N) is 1. The zero-order valence-electron chi connectivity index (χ0n) is 11.0. The Kier molecular flexibility index (Phi) is 3.91. The molecule has 21 heavy (non-hydrogen) atoms. The number of rotatable bonds is 3. The summed E-state index contributed by atoms with van der Waals surface area (Å²) in [5, 5.41) is 2.85. The van der Waals surface area contributed by atoms with Crippen LogP contribution < -0.4 is 0 Å². The largest absolute Gasteiger partial charge is 0.294 e. The van der Waals surface area contributed by atoms with E-state index in [4.69, 9.17) is 23.2 Å². The van der Waals surface area contributed by atoms with Crippen LogP contribution in [0.15, 0.2) is 54.9 Å². The Morgan fingerprint density at radius 2 is 1.71 bits per heavy atom. The van der Waals surface area contributed by atoms with Crippen LogP contribution in [0.25, 0.3) is 10.8 Å². The lowest BCUT2D eigenvalue weighted by Crippen LogP contribution is -2.05. The Bertz CT molecular complexity index is 804. The molecular formula is C17H11Cl2NO. The van der Waals surface area contributed by atoms with Crippen molar-refractivity contribution in [2.45, 2.75) is 6.42 Å². The summed E-state index contributed by atoms with van der Waals surface area (Å²) in [5.41, 5.74) is 1.32. The first-order valence-electron chi connectivity index (χ1n) is 6.45. The van der Waals surface area contributed by atoms with Gasteiger partial charge in [0.25, 0.3) is 0 Å². The van der Waals surface area contributed by atoms with Gasteiger partial charge in [-0.1, -0.05) is 47.5 Å². The number of Topliss-reactive ketones (excluding diaryl/α,β-unsaturated/α-hetero) is 1. The lowest BCUT2D eigenvalue weighted by molar-refractivity contribution is 0.0994. The summed E-state index contributed by atoms with van der Waals surface area (Å²) in [4.78, 5) is 16.7. The van der Waals surface area contributed by atoms with Gasteiger partial charge in [-0.25, -0.2) is 0 Å². The fourth-order valence-corrected chi connectivity index (χ4v) is 2.85. The minimum atomic E-state index is -0.0122. The van der Waals surface area contributed by atoms with E-state index in [1.807, 2.05) is 24.3 Å². The molecule has 0 fully saturated rings. The van der Waals surface area contributed by atoms with Crippen LogP contribution in [0, 0.1) is 0 Å². The second-order valence-electron chi connectivity index (χ2n) is 4.70. The SMILES string of the molecule is O=C(Cc1c(Cl)cccc1Cl)c1cccc2cnccc12. The summed E-state index contributed by atoms with van der Waals surface area (Å²) in [7, 11) is 0. The Morgan fingerprint density at radius 1 is 1.00 bits per heavy atom. The first kappa shape index (κ1) is 14.1. The van der Waals surface area contributed by atoms with Gasteiger partial charge in [0.2, 0.25) is 0 Å². The van der Waals surface area contributed by atoms with E-state index in [-0.39, 0.29) is 12.2 Å². The summed E-state index contributed by atoms with van der Waals surface area (Å²) >= 11 is 12.3. The number of ketones is 1. The molecule has 0 radical (unpaired) electrons. The normalized spacial score (nSPS) is 10.8. The van der Waals surface area contributed by atoms with Gasteiger partial charge in [-0.05, 0) is 29.1 Å². The van der Waals surface area contributed by atoms with Crippen molar-refractivity contribution in [3.8, 4) is 0 Å². The molecule has 0 atom stereocenters. The highest BCUT2D eigenvalue weighted by molar-refractivity contribution is 6.36. The molecule has 0 bridgehead atoms. The Balaban J connectivity index is 2.02. The highest BCUT2D eigenvalue weighted by atomic mass is 35.5. The predicted octanol–water partition coefficient (Wildman–Crippen LogP) is 4.97. The Labute approximate surface area is 132 Å². The van der Waals surface area contributed by atoms with Crippen LogP contribution in [-0.2, 0) is 6.42 Å². The summed E-state index contributed by atoms with van der Waals surface area (Å²) in [6.07, 6.45) is 3.61. The number of benzene rings is 2. The van der Waals surface area contributed by atoms with Gasteiger partial charge >= 0.3 is 0 Å². The number of hydrogen-bond donors (Lipinski definition) is 0. The smallest absolute Gasteiger partial charge is 0.167 e. The van der Waals surface area contributed by atoms with E-state index in [2.05, 4.69) is 4.98 Å². The lowest BCUT2D eigenvalue weighted by atomic mass is 9.98. The molecule has 0 aliphatic rings. The van der Waals surface area contributed by atoms with Crippen molar-refractivity contribution in [2.24, 2.45) is 0 Å². The molecule has 4 heteroatoms. The van der Waals surface area contributed by atoms with Crippen molar-refractivity contribution < 1.29 is 4.79 Å². The Morgan fingerprint density at radius 3 is 2.48 bits per heavy atom. The monoisotopic (exact) mass is 315 g/mol. The van der Waals surface area contributed by atoms with Gasteiger partial charge in [-0.15, -0.1) is 0 Å². The fraction of sp³-hybridized carbons (Fsp3) is 0.0588. The third-order valence-corrected chi connectivity index (χ3v) is 4.09. The standard InChI is InChI=1S/C17H11Cl2NO/c18-15-5-2-6-16(19)14(15)9-17(21)13-4-1-3-11-10-20-8-7-12(11)13/h1-8,10H,9H2. The summed E-state index contributed by atoms with van der Waals surface area (Å²) in [5.74, 6) is -0.0122. The number of carbonyl (C=O) groups is 1. The number of hydrogen-bond acceptors (Lipinski definition) is 2. The molecule has 0 aliphatic heterocycles. The summed E-state index contributed by atoms with van der Waals surface area (Å²) in [6.45, 7) is 0. The van der Waals surface area contributed by atoms with Gasteiger partial charge in [0.05, 0.1) is 0 Å². The van der Waals surface area contributed by atoms with Gasteiger partial charge in [-0.3, -0.25) is 9.78 Å². The van der Waals surface area contributed by atoms with Crippen molar-refractivity contribution in [2.75, 3.05) is 0 Å². The zero-order chi connectivity index (χ0) is 14.8. The van der Waals surface area contributed by atoms with E-state index in [0.29, 0.717) is 21.2 Å². The highest BCUT2D eigenvalue weighted by Gasteiger charge is 2.14. The number of halogens is 2. The average molecular weight is 316 g/mol. The topological polar surface area (TPSA) is 30.0 Å². The second kappa shape index (κ2) is 5.84. The molecule has 2 aromatic carbocycles. The van der Waals surface area contributed by atoms with E-state index >= 15 is 0 Å². The van der Waals surface area contributed by atoms with Gasteiger partial charge in [0.15, 0.2) is 5.78 Å². The molecule has 0 unspecified atom stereocenters. The molecule has 0 aliphatic carbocycles. The van der Waals surface area contributed by atoms with Crippen LogP contribution in [0.2, 0.25) is 10.0 Å². The molecule has 0 saturated heterocycles. The van der Waals surface area contributed by atoms with E-state index in [1.165, 1.54) is 0 Å². The van der Waals surface area contributed by atoms with Crippen LogP contribution in [0.3, 0.4) is 0 Å². The van der Waals surface area contributed by atoms with Gasteiger partial charge < -0.3 is 0 Å². The number of pyridine rings is 1. The molecule has 1 heterocycles. The molecule has 0 amide bonds. The van der Waals surface area contributed by atoms with E-state index in [1.54, 1.807) is 30.6 Å². The van der Waals surface area contributed by atoms with E-state index in [9.17, 15) is 4.79 Å². The number of fused-ring (bicyclic) bond motifs is 1. The van der Waals surface area contributed by atoms with Crippen LogP contribution in [0.5, 0.6) is 0 Å².